The Kier molecular flexibility index (Phi) is 5.66. The van der Waals surface area contributed by atoms with E-state index in [1.54, 1.807) is 25.2 Å². The number of hydrogen-bond donors (Lipinski definition) is 1. The lowest BCUT2D eigenvalue weighted by Crippen LogP contribution is -2.34. The molecule has 3 aromatic rings. The molecule has 2 amide bonds. The van der Waals surface area contributed by atoms with Crippen molar-refractivity contribution in [3.8, 4) is 10.4 Å². The summed E-state index contributed by atoms with van der Waals surface area (Å²) in [6.45, 7) is 1.93. The lowest BCUT2D eigenvalue weighted by molar-refractivity contribution is -0.116. The highest BCUT2D eigenvalue weighted by Crippen LogP contribution is 2.28. The van der Waals surface area contributed by atoms with Crippen LogP contribution in [0.1, 0.15) is 15.2 Å². The van der Waals surface area contributed by atoms with Crippen LogP contribution in [0.5, 0.6) is 0 Å². The van der Waals surface area contributed by atoms with Gasteiger partial charge in [-0.05, 0) is 48.9 Å². The highest BCUT2D eigenvalue weighted by Gasteiger charge is 2.17. The summed E-state index contributed by atoms with van der Waals surface area (Å²) in [5, 5.41) is 2.78. The number of likely N-dealkylation sites (N-methyl/N-ethyl adjacent to an activating group) is 1. The summed E-state index contributed by atoms with van der Waals surface area (Å²) >= 11 is 1.32. The molecule has 0 aliphatic carbocycles. The van der Waals surface area contributed by atoms with Crippen molar-refractivity contribution in [2.24, 2.45) is 0 Å². The minimum atomic E-state index is -0.300. The summed E-state index contributed by atoms with van der Waals surface area (Å²) < 4.78 is 13.0. The number of benzene rings is 2. The zero-order valence-electron chi connectivity index (χ0n) is 15.0. The van der Waals surface area contributed by atoms with Crippen molar-refractivity contribution in [2.75, 3.05) is 18.9 Å². The number of amides is 2. The summed E-state index contributed by atoms with van der Waals surface area (Å²) in [5.74, 6) is -0.789. The van der Waals surface area contributed by atoms with Crippen molar-refractivity contribution in [1.82, 2.24) is 4.90 Å². The molecule has 1 N–H and O–H groups in total. The minimum Gasteiger partial charge on any atom is -0.332 e. The molecule has 0 unspecified atom stereocenters. The van der Waals surface area contributed by atoms with Crippen molar-refractivity contribution in [1.29, 1.82) is 0 Å². The molecule has 0 aliphatic rings. The Bertz CT molecular complexity index is 949. The monoisotopic (exact) mass is 382 g/mol. The fraction of sp³-hybridized carbons (Fsp3) is 0.143. The van der Waals surface area contributed by atoms with Crippen LogP contribution in [-0.2, 0) is 4.79 Å². The molecule has 0 aliphatic heterocycles. The van der Waals surface area contributed by atoms with Crippen LogP contribution in [0.3, 0.4) is 0 Å². The summed E-state index contributed by atoms with van der Waals surface area (Å²) in [5.41, 5.74) is 2.65. The molecule has 27 heavy (non-hydrogen) atoms. The zero-order valence-corrected chi connectivity index (χ0v) is 15.8. The number of nitrogens with zero attached hydrogens (tertiary/aromatic N) is 1. The van der Waals surface area contributed by atoms with Crippen molar-refractivity contribution in [3.63, 3.8) is 0 Å². The van der Waals surface area contributed by atoms with E-state index in [-0.39, 0.29) is 24.2 Å². The Morgan fingerprint density at radius 3 is 2.33 bits per heavy atom. The molecule has 0 spiro atoms. The average Bonchev–Trinajstić information content (AvgIpc) is 3.13. The molecule has 0 saturated heterocycles. The van der Waals surface area contributed by atoms with E-state index in [2.05, 4.69) is 5.32 Å². The first-order chi connectivity index (χ1) is 12.9. The van der Waals surface area contributed by atoms with Gasteiger partial charge in [-0.15, -0.1) is 11.3 Å². The molecule has 0 saturated carbocycles. The summed E-state index contributed by atoms with van der Waals surface area (Å²) in [4.78, 5) is 27.5. The van der Waals surface area contributed by atoms with E-state index in [1.807, 2.05) is 37.3 Å². The van der Waals surface area contributed by atoms with Gasteiger partial charge in [0.1, 0.15) is 5.82 Å². The third-order valence-electron chi connectivity index (χ3n) is 4.01. The number of carbonyl (C=O) groups excluding carboxylic acids is 2. The van der Waals surface area contributed by atoms with Crippen LogP contribution in [0.4, 0.5) is 10.1 Å². The summed E-state index contributed by atoms with van der Waals surface area (Å²) in [7, 11) is 1.59. The van der Waals surface area contributed by atoms with E-state index in [9.17, 15) is 14.0 Å². The van der Waals surface area contributed by atoms with Crippen LogP contribution >= 0.6 is 11.3 Å². The first-order valence-corrected chi connectivity index (χ1v) is 9.22. The number of aryl methyl sites for hydroxylation is 1. The van der Waals surface area contributed by atoms with E-state index in [4.69, 9.17) is 0 Å². The average molecular weight is 382 g/mol. The van der Waals surface area contributed by atoms with E-state index < -0.39 is 0 Å². The molecule has 138 valence electrons. The molecule has 1 heterocycles. The maximum absolute atomic E-state index is 13.0. The van der Waals surface area contributed by atoms with Gasteiger partial charge in [0.2, 0.25) is 5.91 Å². The number of halogens is 1. The molecule has 2 aromatic carbocycles. The fourth-order valence-corrected chi connectivity index (χ4v) is 3.54. The Balaban J connectivity index is 1.62. The van der Waals surface area contributed by atoms with Gasteiger partial charge in [0.15, 0.2) is 0 Å². The van der Waals surface area contributed by atoms with Crippen molar-refractivity contribution in [2.45, 2.75) is 6.92 Å². The molecule has 0 bridgehead atoms. The van der Waals surface area contributed by atoms with Crippen LogP contribution in [0.15, 0.2) is 60.7 Å². The van der Waals surface area contributed by atoms with Gasteiger partial charge in [-0.25, -0.2) is 4.39 Å². The smallest absolute Gasteiger partial charge is 0.264 e. The second-order valence-corrected chi connectivity index (χ2v) is 7.33. The fourth-order valence-electron chi connectivity index (χ4n) is 2.53. The van der Waals surface area contributed by atoms with E-state index >= 15 is 0 Å². The number of thiophene rings is 1. The van der Waals surface area contributed by atoms with Gasteiger partial charge in [0.25, 0.3) is 5.91 Å². The topological polar surface area (TPSA) is 49.4 Å². The van der Waals surface area contributed by atoms with E-state index in [0.717, 1.165) is 16.0 Å². The van der Waals surface area contributed by atoms with Crippen LogP contribution in [0.2, 0.25) is 0 Å². The minimum absolute atomic E-state index is 0.0451. The van der Waals surface area contributed by atoms with E-state index in [0.29, 0.717) is 10.6 Å². The largest absolute Gasteiger partial charge is 0.332 e. The number of nitrogens with one attached hydrogen (secondary N) is 1. The molecule has 4 nitrogen and oxygen atoms in total. The molecule has 0 radical (unpaired) electrons. The second kappa shape index (κ2) is 8.14. The highest BCUT2D eigenvalue weighted by molar-refractivity contribution is 7.17. The number of anilines is 1. The summed E-state index contributed by atoms with van der Waals surface area (Å²) in [6.07, 6.45) is 0. The molecule has 6 heteroatoms. The van der Waals surface area contributed by atoms with Crippen LogP contribution in [0, 0.1) is 12.7 Å². The Morgan fingerprint density at radius 1 is 1.00 bits per heavy atom. The SMILES string of the molecule is Cc1ccc(NC(=O)CN(C)C(=O)c2ccc(-c3ccc(F)cc3)s2)cc1. The van der Waals surface area contributed by atoms with Gasteiger partial charge in [-0.3, -0.25) is 9.59 Å². The highest BCUT2D eigenvalue weighted by atomic mass is 32.1. The second-order valence-electron chi connectivity index (χ2n) is 6.25. The van der Waals surface area contributed by atoms with Gasteiger partial charge in [-0.1, -0.05) is 29.8 Å². The number of rotatable bonds is 5. The molecular weight excluding hydrogens is 363 g/mol. The predicted octanol–water partition coefficient (Wildman–Crippen LogP) is 4.57. The van der Waals surface area contributed by atoms with Gasteiger partial charge in [-0.2, -0.15) is 0 Å². The Morgan fingerprint density at radius 2 is 1.67 bits per heavy atom. The van der Waals surface area contributed by atoms with Crippen LogP contribution in [0.25, 0.3) is 10.4 Å². The first-order valence-electron chi connectivity index (χ1n) is 8.40. The quantitative estimate of drug-likeness (QED) is 0.703. The molecule has 0 fully saturated rings. The molecule has 1 aromatic heterocycles. The number of carbonyl (C=O) groups is 2. The molecule has 3 rings (SSSR count). The van der Waals surface area contributed by atoms with Crippen molar-refractivity contribution >= 4 is 28.8 Å². The third kappa shape index (κ3) is 4.80. The van der Waals surface area contributed by atoms with Crippen molar-refractivity contribution < 1.29 is 14.0 Å². The van der Waals surface area contributed by atoms with Crippen LogP contribution < -0.4 is 5.32 Å². The first kappa shape index (κ1) is 18.8. The number of hydrogen-bond acceptors (Lipinski definition) is 3. The van der Waals surface area contributed by atoms with E-state index in [1.165, 1.54) is 28.4 Å². The van der Waals surface area contributed by atoms with Crippen LogP contribution in [-0.4, -0.2) is 30.3 Å². The van der Waals surface area contributed by atoms with Gasteiger partial charge in [0.05, 0.1) is 11.4 Å². The lowest BCUT2D eigenvalue weighted by atomic mass is 10.2. The summed E-state index contributed by atoms with van der Waals surface area (Å²) in [6, 6.07) is 17.1. The predicted molar refractivity (Wildman–Crippen MR) is 106 cm³/mol. The Hall–Kier alpha value is -2.99. The standard InChI is InChI=1S/C21H19FN2O2S/c1-14-3-9-17(10-4-14)23-20(25)13-24(2)21(26)19-12-11-18(27-19)15-5-7-16(22)8-6-15/h3-12H,13H2,1-2H3,(H,23,25). The van der Waals surface area contributed by atoms with Crippen molar-refractivity contribution in [3.05, 3.63) is 76.9 Å². The van der Waals surface area contributed by atoms with Gasteiger partial charge in [0, 0.05) is 17.6 Å². The zero-order chi connectivity index (χ0) is 19.4. The lowest BCUT2D eigenvalue weighted by Gasteiger charge is -2.16. The Labute approximate surface area is 161 Å². The third-order valence-corrected chi connectivity index (χ3v) is 5.13. The maximum Gasteiger partial charge on any atom is 0.264 e. The normalized spacial score (nSPS) is 10.5. The molecule has 0 atom stereocenters. The van der Waals surface area contributed by atoms with Gasteiger partial charge >= 0.3 is 0 Å². The van der Waals surface area contributed by atoms with Gasteiger partial charge < -0.3 is 10.2 Å². The molecular formula is C21H19FN2O2S. The maximum atomic E-state index is 13.0.